The number of nitrogens with zero attached hydrogens (tertiary/aromatic N) is 3. The fourth-order valence-corrected chi connectivity index (χ4v) is 6.20. The highest BCUT2D eigenvalue weighted by Gasteiger charge is 2.42. The van der Waals surface area contributed by atoms with E-state index in [4.69, 9.17) is 38.3 Å². The van der Waals surface area contributed by atoms with Gasteiger partial charge in [0.25, 0.3) is 0 Å². The molecule has 0 bridgehead atoms. The maximum atomic E-state index is 6.44. The Balaban J connectivity index is 1.40. The van der Waals surface area contributed by atoms with Crippen LogP contribution in [-0.2, 0) is 0 Å². The van der Waals surface area contributed by atoms with Crippen LogP contribution in [0, 0.1) is 20.8 Å². The Labute approximate surface area is 256 Å². The minimum atomic E-state index is -0.150. The maximum Gasteiger partial charge on any atom is 0.174 e. The molecular weight excluding hydrogens is 564 g/mol. The van der Waals surface area contributed by atoms with E-state index in [2.05, 4.69) is 47.7 Å². The Hall–Kier alpha value is -4.33. The summed E-state index contributed by atoms with van der Waals surface area (Å²) in [5.41, 5.74) is 7.51. The van der Waals surface area contributed by atoms with Gasteiger partial charge in [-0.15, -0.1) is 0 Å². The number of anilines is 1. The van der Waals surface area contributed by atoms with E-state index in [1.165, 1.54) is 0 Å². The SMILES string of the molecule is COc1ccc(Oc2ccc(N3C(=S)N[C@H](c4ccccn4)[C@H]3c3cc(C)n(-c4cc(Cl)ccc4C)c3C)cc2)cc1. The summed E-state index contributed by atoms with van der Waals surface area (Å²) >= 11 is 12.4. The molecule has 1 fully saturated rings. The average molecular weight is 595 g/mol. The minimum Gasteiger partial charge on any atom is -0.497 e. The van der Waals surface area contributed by atoms with Crippen LogP contribution in [0.4, 0.5) is 5.69 Å². The standard InChI is InChI=1S/C34H31ClN4O2S/c1-21-8-9-24(35)20-31(21)38-22(2)19-29(23(38)3)33-32(30-7-5-6-18-36-30)37-34(42)39(33)25-10-12-27(13-11-25)41-28-16-14-26(40-4)15-17-28/h5-20,32-33H,1-4H3,(H,37,42)/t32-,33-/m1/s1. The topological polar surface area (TPSA) is 51.6 Å². The van der Waals surface area contributed by atoms with Gasteiger partial charge in [-0.2, -0.15) is 0 Å². The first kappa shape index (κ1) is 27.8. The lowest BCUT2D eigenvalue weighted by molar-refractivity contribution is 0.413. The summed E-state index contributed by atoms with van der Waals surface area (Å²) in [7, 11) is 1.65. The lowest BCUT2D eigenvalue weighted by Gasteiger charge is -2.28. The molecule has 1 N–H and O–H groups in total. The van der Waals surface area contributed by atoms with Crippen molar-refractivity contribution in [3.05, 3.63) is 130 Å². The van der Waals surface area contributed by atoms with E-state index in [-0.39, 0.29) is 12.1 Å². The first-order chi connectivity index (χ1) is 20.3. The molecule has 2 atom stereocenters. The number of thiocarbonyl (C=S) groups is 1. The third-order valence-corrected chi connectivity index (χ3v) is 8.26. The number of aryl methyl sites for hydroxylation is 2. The zero-order valence-electron chi connectivity index (χ0n) is 23.8. The summed E-state index contributed by atoms with van der Waals surface area (Å²) in [5, 5.41) is 4.92. The molecule has 0 aliphatic carbocycles. The number of methoxy groups -OCH3 is 1. The van der Waals surface area contributed by atoms with E-state index < -0.39 is 0 Å². The molecular formula is C34H31ClN4O2S. The second-order valence-corrected chi connectivity index (χ2v) is 11.2. The van der Waals surface area contributed by atoms with Crippen LogP contribution in [0.5, 0.6) is 17.2 Å². The molecule has 2 aromatic heterocycles. The van der Waals surface area contributed by atoms with Gasteiger partial charge in [-0.25, -0.2) is 0 Å². The van der Waals surface area contributed by atoms with Crippen molar-refractivity contribution < 1.29 is 9.47 Å². The van der Waals surface area contributed by atoms with Gasteiger partial charge < -0.3 is 24.3 Å². The van der Waals surface area contributed by atoms with Crippen molar-refractivity contribution in [1.82, 2.24) is 14.9 Å². The van der Waals surface area contributed by atoms with Crippen molar-refractivity contribution in [2.24, 2.45) is 0 Å². The van der Waals surface area contributed by atoms with Gasteiger partial charge in [0.15, 0.2) is 5.11 Å². The predicted molar refractivity (Wildman–Crippen MR) is 172 cm³/mol. The van der Waals surface area contributed by atoms with Crippen LogP contribution in [0.1, 0.15) is 40.3 Å². The van der Waals surface area contributed by atoms with Gasteiger partial charge in [-0.1, -0.05) is 23.7 Å². The number of aromatic nitrogens is 2. The van der Waals surface area contributed by atoms with Crippen LogP contribution in [0.3, 0.4) is 0 Å². The Morgan fingerprint density at radius 2 is 1.55 bits per heavy atom. The van der Waals surface area contributed by atoms with Crippen molar-refractivity contribution >= 4 is 34.6 Å². The summed E-state index contributed by atoms with van der Waals surface area (Å²) in [6.07, 6.45) is 1.82. The molecule has 6 rings (SSSR count). The second kappa shape index (κ2) is 11.5. The molecule has 3 aromatic carbocycles. The van der Waals surface area contributed by atoms with E-state index in [1.807, 2.05) is 85.1 Å². The van der Waals surface area contributed by atoms with E-state index in [0.717, 1.165) is 56.8 Å². The molecule has 1 aliphatic heterocycles. The van der Waals surface area contributed by atoms with Gasteiger partial charge in [0, 0.05) is 34.0 Å². The third-order valence-electron chi connectivity index (χ3n) is 7.71. The molecule has 5 aromatic rings. The van der Waals surface area contributed by atoms with Gasteiger partial charge in [-0.3, -0.25) is 4.98 Å². The quantitative estimate of drug-likeness (QED) is 0.191. The fraction of sp³-hybridized carbons (Fsp3) is 0.176. The fourth-order valence-electron chi connectivity index (χ4n) is 5.68. The van der Waals surface area contributed by atoms with Crippen LogP contribution in [0.2, 0.25) is 5.02 Å². The lowest BCUT2D eigenvalue weighted by Crippen LogP contribution is -2.29. The van der Waals surface area contributed by atoms with Gasteiger partial charge in [0.2, 0.25) is 0 Å². The highest BCUT2D eigenvalue weighted by Crippen LogP contribution is 2.44. The number of ether oxygens (including phenoxy) is 2. The molecule has 212 valence electrons. The molecule has 0 saturated carbocycles. The predicted octanol–water partition coefficient (Wildman–Crippen LogP) is 8.43. The number of pyridine rings is 1. The smallest absolute Gasteiger partial charge is 0.174 e. The summed E-state index contributed by atoms with van der Waals surface area (Å²) in [6.45, 7) is 6.39. The highest BCUT2D eigenvalue weighted by molar-refractivity contribution is 7.80. The van der Waals surface area contributed by atoms with Gasteiger partial charge >= 0.3 is 0 Å². The van der Waals surface area contributed by atoms with Crippen molar-refractivity contribution in [3.63, 3.8) is 0 Å². The van der Waals surface area contributed by atoms with E-state index in [9.17, 15) is 0 Å². The zero-order chi connectivity index (χ0) is 29.4. The van der Waals surface area contributed by atoms with E-state index in [1.54, 1.807) is 7.11 Å². The normalized spacial score (nSPS) is 16.4. The molecule has 42 heavy (non-hydrogen) atoms. The Morgan fingerprint density at radius 1 is 0.857 bits per heavy atom. The number of halogens is 1. The maximum absolute atomic E-state index is 6.44. The van der Waals surface area contributed by atoms with Crippen molar-refractivity contribution in [2.45, 2.75) is 32.9 Å². The number of benzene rings is 3. The largest absolute Gasteiger partial charge is 0.497 e. The molecule has 6 nitrogen and oxygen atoms in total. The van der Waals surface area contributed by atoms with Gasteiger partial charge in [-0.05, 0) is 123 Å². The summed E-state index contributed by atoms with van der Waals surface area (Å²) in [4.78, 5) is 6.90. The monoisotopic (exact) mass is 594 g/mol. The summed E-state index contributed by atoms with van der Waals surface area (Å²) in [5.74, 6) is 2.25. The van der Waals surface area contributed by atoms with Crippen LogP contribution in [0.25, 0.3) is 5.69 Å². The first-order valence-corrected chi connectivity index (χ1v) is 14.5. The van der Waals surface area contributed by atoms with Gasteiger partial charge in [0.05, 0.1) is 24.9 Å². The first-order valence-electron chi connectivity index (χ1n) is 13.7. The van der Waals surface area contributed by atoms with E-state index in [0.29, 0.717) is 10.1 Å². The lowest BCUT2D eigenvalue weighted by atomic mass is 9.96. The molecule has 1 aliphatic rings. The Bertz CT molecular complexity index is 1740. The molecule has 0 amide bonds. The van der Waals surface area contributed by atoms with Crippen molar-refractivity contribution in [1.29, 1.82) is 0 Å². The number of hydrogen-bond donors (Lipinski definition) is 1. The molecule has 1 saturated heterocycles. The summed E-state index contributed by atoms with van der Waals surface area (Å²) in [6, 6.07) is 29.5. The van der Waals surface area contributed by atoms with Crippen LogP contribution in [-0.4, -0.2) is 21.8 Å². The third kappa shape index (κ3) is 5.22. The molecule has 0 unspecified atom stereocenters. The highest BCUT2D eigenvalue weighted by atomic mass is 35.5. The number of nitrogens with one attached hydrogen (secondary N) is 1. The molecule has 8 heteroatoms. The van der Waals surface area contributed by atoms with Crippen LogP contribution < -0.4 is 19.7 Å². The second-order valence-electron chi connectivity index (χ2n) is 10.4. The van der Waals surface area contributed by atoms with Crippen molar-refractivity contribution in [3.8, 4) is 22.9 Å². The minimum absolute atomic E-state index is 0.139. The number of hydrogen-bond acceptors (Lipinski definition) is 4. The molecule has 0 spiro atoms. The number of rotatable bonds is 7. The van der Waals surface area contributed by atoms with Crippen LogP contribution >= 0.6 is 23.8 Å². The summed E-state index contributed by atoms with van der Waals surface area (Å²) < 4.78 is 13.6. The Kier molecular flexibility index (Phi) is 7.62. The van der Waals surface area contributed by atoms with Crippen molar-refractivity contribution in [2.75, 3.05) is 12.0 Å². The Morgan fingerprint density at radius 3 is 2.21 bits per heavy atom. The van der Waals surface area contributed by atoms with Crippen LogP contribution in [0.15, 0.2) is 97.2 Å². The van der Waals surface area contributed by atoms with Gasteiger partial charge in [0.1, 0.15) is 17.2 Å². The molecule has 0 radical (unpaired) electrons. The average Bonchev–Trinajstić information content (AvgIpc) is 3.50. The molecule has 3 heterocycles. The zero-order valence-corrected chi connectivity index (χ0v) is 25.4. The van der Waals surface area contributed by atoms with E-state index >= 15 is 0 Å².